The minimum atomic E-state index is -0.629. The quantitative estimate of drug-likeness (QED) is 0.480. The second-order valence-corrected chi connectivity index (χ2v) is 3.28. The molecule has 1 aromatic carbocycles. The van der Waals surface area contributed by atoms with E-state index in [1.165, 1.54) is 32.4 Å². The molecule has 6 nitrogen and oxygen atoms in total. The summed E-state index contributed by atoms with van der Waals surface area (Å²) >= 11 is 0. The third kappa shape index (κ3) is 2.54. The van der Waals surface area contributed by atoms with Crippen molar-refractivity contribution in [1.29, 1.82) is 0 Å². The van der Waals surface area contributed by atoms with E-state index in [0.29, 0.717) is 17.1 Å². The Morgan fingerprint density at radius 1 is 1.41 bits per heavy atom. The van der Waals surface area contributed by atoms with E-state index in [9.17, 15) is 10.1 Å². The highest BCUT2D eigenvalue weighted by atomic mass is 16.6. The van der Waals surface area contributed by atoms with Gasteiger partial charge >= 0.3 is 0 Å². The van der Waals surface area contributed by atoms with Crippen LogP contribution < -0.4 is 15.2 Å². The van der Waals surface area contributed by atoms with Gasteiger partial charge in [-0.3, -0.25) is 10.1 Å². The molecule has 2 N–H and O–H groups in total. The van der Waals surface area contributed by atoms with Crippen molar-refractivity contribution in [3.8, 4) is 11.5 Å². The zero-order chi connectivity index (χ0) is 13.0. The van der Waals surface area contributed by atoms with E-state index in [4.69, 9.17) is 15.2 Å². The predicted molar refractivity (Wildman–Crippen MR) is 63.3 cm³/mol. The van der Waals surface area contributed by atoms with Gasteiger partial charge in [-0.2, -0.15) is 0 Å². The number of rotatable bonds is 5. The molecule has 0 aromatic heterocycles. The Hall–Kier alpha value is -2.08. The largest absolute Gasteiger partial charge is 0.493 e. The molecule has 0 aliphatic heterocycles. The van der Waals surface area contributed by atoms with Gasteiger partial charge in [0, 0.05) is 0 Å². The lowest BCUT2D eigenvalue weighted by atomic mass is 10.0. The van der Waals surface area contributed by atoms with Crippen LogP contribution in [-0.2, 0) is 0 Å². The SMILES string of the molecule is C=C[C@H](N)c1cc(OC)c(OC)cc1[N+](=O)[O-]. The minimum absolute atomic E-state index is 0.116. The summed E-state index contributed by atoms with van der Waals surface area (Å²) in [6, 6.07) is 2.15. The van der Waals surface area contributed by atoms with Gasteiger partial charge in [0.15, 0.2) is 11.5 Å². The lowest BCUT2D eigenvalue weighted by Crippen LogP contribution is -2.10. The highest BCUT2D eigenvalue weighted by molar-refractivity contribution is 5.56. The number of nitro benzene ring substituents is 1. The summed E-state index contributed by atoms with van der Waals surface area (Å²) < 4.78 is 10.1. The first kappa shape index (κ1) is 13.0. The smallest absolute Gasteiger partial charge is 0.278 e. The molecule has 92 valence electrons. The van der Waals surface area contributed by atoms with E-state index in [1.807, 2.05) is 0 Å². The number of nitro groups is 1. The molecule has 0 amide bonds. The second-order valence-electron chi connectivity index (χ2n) is 3.28. The summed E-state index contributed by atoms with van der Waals surface area (Å²) in [6.07, 6.45) is 1.42. The van der Waals surface area contributed by atoms with Gasteiger partial charge in [0.05, 0.1) is 36.8 Å². The lowest BCUT2D eigenvalue weighted by molar-refractivity contribution is -0.385. The standard InChI is InChI=1S/C11H14N2O4/c1-4-8(12)7-5-10(16-2)11(17-3)6-9(7)13(14)15/h4-6,8H,1,12H2,2-3H3/t8-/m0/s1. The van der Waals surface area contributed by atoms with Crippen molar-refractivity contribution >= 4 is 5.69 Å². The number of methoxy groups -OCH3 is 2. The molecule has 0 saturated heterocycles. The molecule has 0 saturated carbocycles. The molecule has 1 aromatic rings. The van der Waals surface area contributed by atoms with Crippen LogP contribution in [0.4, 0.5) is 5.69 Å². The van der Waals surface area contributed by atoms with E-state index in [-0.39, 0.29) is 5.69 Å². The molecule has 0 unspecified atom stereocenters. The first-order valence-corrected chi connectivity index (χ1v) is 4.83. The highest BCUT2D eigenvalue weighted by Gasteiger charge is 2.22. The van der Waals surface area contributed by atoms with Crippen LogP contribution in [0.3, 0.4) is 0 Å². The van der Waals surface area contributed by atoms with Gasteiger partial charge in [-0.1, -0.05) is 6.08 Å². The molecule has 6 heteroatoms. The summed E-state index contributed by atoms with van der Waals surface area (Å²) in [7, 11) is 2.86. The van der Waals surface area contributed by atoms with Crippen LogP contribution in [0.25, 0.3) is 0 Å². The van der Waals surface area contributed by atoms with Crippen LogP contribution in [0.5, 0.6) is 11.5 Å². The Bertz CT molecular complexity index is 445. The maximum Gasteiger partial charge on any atom is 0.278 e. The Balaban J connectivity index is 3.45. The number of hydrogen-bond donors (Lipinski definition) is 1. The predicted octanol–water partition coefficient (Wildman–Crippen LogP) is 1.80. The Morgan fingerprint density at radius 2 is 1.94 bits per heavy atom. The van der Waals surface area contributed by atoms with Crippen LogP contribution in [0.2, 0.25) is 0 Å². The Morgan fingerprint density at radius 3 is 2.35 bits per heavy atom. The van der Waals surface area contributed by atoms with Crippen molar-refractivity contribution in [1.82, 2.24) is 0 Å². The number of ether oxygens (including phenoxy) is 2. The summed E-state index contributed by atoms with van der Waals surface area (Å²) in [5, 5.41) is 10.9. The van der Waals surface area contributed by atoms with Gasteiger partial charge in [-0.05, 0) is 6.07 Å². The fourth-order valence-corrected chi connectivity index (χ4v) is 1.44. The number of nitrogens with two attached hydrogens (primary N) is 1. The van der Waals surface area contributed by atoms with E-state index < -0.39 is 11.0 Å². The molecule has 0 aliphatic carbocycles. The van der Waals surface area contributed by atoms with Gasteiger partial charge in [-0.15, -0.1) is 6.58 Å². The molecular weight excluding hydrogens is 224 g/mol. The molecule has 0 spiro atoms. The lowest BCUT2D eigenvalue weighted by Gasteiger charge is -2.12. The summed E-state index contributed by atoms with van der Waals surface area (Å²) in [5.74, 6) is 0.685. The van der Waals surface area contributed by atoms with E-state index in [1.54, 1.807) is 0 Å². The Labute approximate surface area is 98.8 Å². The molecule has 1 atom stereocenters. The van der Waals surface area contributed by atoms with Gasteiger partial charge in [0.2, 0.25) is 0 Å². The van der Waals surface area contributed by atoms with E-state index in [2.05, 4.69) is 6.58 Å². The molecule has 0 bridgehead atoms. The van der Waals surface area contributed by atoms with Crippen LogP contribution >= 0.6 is 0 Å². The Kier molecular flexibility index (Phi) is 4.06. The second kappa shape index (κ2) is 5.31. The molecular formula is C11H14N2O4. The van der Waals surface area contributed by atoms with Gasteiger partial charge in [0.1, 0.15) is 0 Å². The fourth-order valence-electron chi connectivity index (χ4n) is 1.44. The summed E-state index contributed by atoms with van der Waals surface area (Å²) in [6.45, 7) is 3.52. The number of hydrogen-bond acceptors (Lipinski definition) is 5. The maximum atomic E-state index is 10.9. The zero-order valence-electron chi connectivity index (χ0n) is 9.67. The van der Waals surface area contributed by atoms with Crippen molar-refractivity contribution in [3.63, 3.8) is 0 Å². The third-order valence-corrected chi connectivity index (χ3v) is 2.34. The number of nitrogens with zero attached hydrogens (tertiary/aromatic N) is 1. The van der Waals surface area contributed by atoms with Crippen LogP contribution in [0, 0.1) is 10.1 Å². The fraction of sp³-hybridized carbons (Fsp3) is 0.273. The summed E-state index contributed by atoms with van der Waals surface area (Å²) in [5.41, 5.74) is 5.95. The molecule has 17 heavy (non-hydrogen) atoms. The van der Waals surface area contributed by atoms with Crippen LogP contribution in [0.15, 0.2) is 24.8 Å². The molecule has 0 aliphatic rings. The van der Waals surface area contributed by atoms with Gasteiger partial charge in [0.25, 0.3) is 5.69 Å². The first-order valence-electron chi connectivity index (χ1n) is 4.83. The monoisotopic (exact) mass is 238 g/mol. The topological polar surface area (TPSA) is 87.6 Å². The average molecular weight is 238 g/mol. The third-order valence-electron chi connectivity index (χ3n) is 2.34. The van der Waals surface area contributed by atoms with Gasteiger partial charge < -0.3 is 15.2 Å². The average Bonchev–Trinajstić information content (AvgIpc) is 2.35. The van der Waals surface area contributed by atoms with Gasteiger partial charge in [-0.25, -0.2) is 0 Å². The van der Waals surface area contributed by atoms with Crippen molar-refractivity contribution < 1.29 is 14.4 Å². The molecule has 0 fully saturated rings. The van der Waals surface area contributed by atoms with Crippen molar-refractivity contribution in [3.05, 3.63) is 40.5 Å². The zero-order valence-corrected chi connectivity index (χ0v) is 9.67. The highest BCUT2D eigenvalue weighted by Crippen LogP contribution is 2.36. The van der Waals surface area contributed by atoms with Crippen molar-refractivity contribution in [2.24, 2.45) is 5.73 Å². The van der Waals surface area contributed by atoms with Crippen LogP contribution in [-0.4, -0.2) is 19.1 Å². The van der Waals surface area contributed by atoms with E-state index >= 15 is 0 Å². The van der Waals surface area contributed by atoms with Crippen molar-refractivity contribution in [2.75, 3.05) is 14.2 Å². The first-order chi connectivity index (χ1) is 8.04. The van der Waals surface area contributed by atoms with E-state index in [0.717, 1.165) is 0 Å². The van der Waals surface area contributed by atoms with Crippen molar-refractivity contribution in [2.45, 2.75) is 6.04 Å². The minimum Gasteiger partial charge on any atom is -0.493 e. The summed E-state index contributed by atoms with van der Waals surface area (Å²) in [4.78, 5) is 10.4. The number of benzene rings is 1. The van der Waals surface area contributed by atoms with Crippen LogP contribution in [0.1, 0.15) is 11.6 Å². The molecule has 0 heterocycles. The molecule has 1 rings (SSSR count). The molecule has 0 radical (unpaired) electrons. The maximum absolute atomic E-state index is 10.9. The normalized spacial score (nSPS) is 11.7.